The van der Waals surface area contributed by atoms with Gasteiger partial charge in [0.1, 0.15) is 12.4 Å². The number of hydrogen-bond acceptors (Lipinski definition) is 7. The lowest BCUT2D eigenvalue weighted by Crippen LogP contribution is -2.52. The van der Waals surface area contributed by atoms with Gasteiger partial charge in [0.15, 0.2) is 23.4 Å². The SMILES string of the molecule is CCOc1ccccc1OCc1nnc(N2CCN(C(=O)C(C)Oc3ccc(C)cc3Cl)CC2)n1CC. The molecule has 1 saturated heterocycles. The summed E-state index contributed by atoms with van der Waals surface area (Å²) in [5.74, 6) is 3.35. The number of rotatable bonds is 10. The van der Waals surface area contributed by atoms with Crippen molar-refractivity contribution in [2.45, 2.75) is 47.0 Å². The molecule has 1 amide bonds. The van der Waals surface area contributed by atoms with Gasteiger partial charge in [-0.25, -0.2) is 0 Å². The lowest BCUT2D eigenvalue weighted by atomic mass is 10.2. The molecule has 0 bridgehead atoms. The van der Waals surface area contributed by atoms with Gasteiger partial charge >= 0.3 is 0 Å². The normalized spacial score (nSPS) is 14.4. The second kappa shape index (κ2) is 12.2. The molecule has 1 aliphatic rings. The van der Waals surface area contributed by atoms with Crippen molar-refractivity contribution in [1.29, 1.82) is 0 Å². The fourth-order valence-corrected chi connectivity index (χ4v) is 4.58. The Morgan fingerprint density at radius 2 is 1.70 bits per heavy atom. The Kier molecular flexibility index (Phi) is 8.76. The maximum absolute atomic E-state index is 13.0. The van der Waals surface area contributed by atoms with Crippen molar-refractivity contribution in [2.24, 2.45) is 0 Å². The van der Waals surface area contributed by atoms with Crippen LogP contribution in [0.5, 0.6) is 17.2 Å². The van der Waals surface area contributed by atoms with Crippen LogP contribution in [0.1, 0.15) is 32.2 Å². The number of ether oxygens (including phenoxy) is 3. The molecule has 0 spiro atoms. The minimum atomic E-state index is -0.630. The Hall–Kier alpha value is -3.46. The number of aryl methyl sites for hydroxylation is 1. The van der Waals surface area contributed by atoms with Gasteiger partial charge in [0.05, 0.1) is 11.6 Å². The molecule has 37 heavy (non-hydrogen) atoms. The second-order valence-corrected chi connectivity index (χ2v) is 9.24. The van der Waals surface area contributed by atoms with Gasteiger partial charge in [0.25, 0.3) is 5.91 Å². The summed E-state index contributed by atoms with van der Waals surface area (Å²) >= 11 is 6.27. The minimum absolute atomic E-state index is 0.0599. The zero-order valence-electron chi connectivity index (χ0n) is 21.8. The van der Waals surface area contributed by atoms with Crippen LogP contribution in [-0.4, -0.2) is 64.5 Å². The van der Waals surface area contributed by atoms with Gasteiger partial charge in [0.2, 0.25) is 5.95 Å². The first-order chi connectivity index (χ1) is 17.9. The fraction of sp³-hybridized carbons (Fsp3) is 0.444. The monoisotopic (exact) mass is 527 g/mol. The highest BCUT2D eigenvalue weighted by Gasteiger charge is 2.28. The van der Waals surface area contributed by atoms with Gasteiger partial charge in [-0.1, -0.05) is 29.8 Å². The Balaban J connectivity index is 1.35. The molecular weight excluding hydrogens is 494 g/mol. The van der Waals surface area contributed by atoms with E-state index in [1.165, 1.54) is 0 Å². The van der Waals surface area contributed by atoms with Crippen LogP contribution in [0, 0.1) is 6.92 Å². The zero-order valence-corrected chi connectivity index (χ0v) is 22.6. The summed E-state index contributed by atoms with van der Waals surface area (Å²) < 4.78 is 19.6. The third kappa shape index (κ3) is 6.28. The van der Waals surface area contributed by atoms with Gasteiger partial charge < -0.3 is 24.0 Å². The van der Waals surface area contributed by atoms with E-state index in [0.717, 1.165) is 17.3 Å². The molecule has 2 aromatic carbocycles. The molecule has 0 N–H and O–H groups in total. The fourth-order valence-electron chi connectivity index (χ4n) is 4.30. The van der Waals surface area contributed by atoms with E-state index in [1.807, 2.05) is 59.7 Å². The molecule has 2 heterocycles. The molecule has 1 fully saturated rings. The lowest BCUT2D eigenvalue weighted by molar-refractivity contribution is -0.138. The standard InChI is InChI=1S/C27H34ClN5O4/c1-5-33-25(18-36-24-10-8-7-9-23(24)35-6-2)29-30-27(33)32-15-13-31(14-16-32)26(34)20(4)37-22-12-11-19(3)17-21(22)28/h7-12,17,20H,5-6,13-16,18H2,1-4H3. The van der Waals surface area contributed by atoms with Gasteiger partial charge in [-0.2, -0.15) is 0 Å². The van der Waals surface area contributed by atoms with Crippen LogP contribution in [0.3, 0.4) is 0 Å². The van der Waals surface area contributed by atoms with E-state index in [1.54, 1.807) is 13.0 Å². The molecular formula is C27H34ClN5O4. The summed E-state index contributed by atoms with van der Waals surface area (Å²) in [5, 5.41) is 9.34. The van der Waals surface area contributed by atoms with Crippen molar-refractivity contribution in [2.75, 3.05) is 37.7 Å². The number of aromatic nitrogens is 3. The molecule has 1 unspecified atom stereocenters. The molecule has 3 aromatic rings. The van der Waals surface area contributed by atoms with E-state index >= 15 is 0 Å². The van der Waals surface area contributed by atoms with Crippen LogP contribution < -0.4 is 19.1 Å². The number of benzene rings is 2. The van der Waals surface area contributed by atoms with E-state index in [2.05, 4.69) is 22.0 Å². The number of para-hydroxylation sites is 2. The van der Waals surface area contributed by atoms with Gasteiger partial charge in [0, 0.05) is 32.7 Å². The number of anilines is 1. The van der Waals surface area contributed by atoms with Crippen molar-refractivity contribution < 1.29 is 19.0 Å². The third-order valence-electron chi connectivity index (χ3n) is 6.24. The molecule has 9 nitrogen and oxygen atoms in total. The molecule has 0 aliphatic carbocycles. The van der Waals surface area contributed by atoms with Crippen molar-refractivity contribution >= 4 is 23.5 Å². The van der Waals surface area contributed by atoms with Crippen molar-refractivity contribution in [1.82, 2.24) is 19.7 Å². The Morgan fingerprint density at radius 3 is 2.35 bits per heavy atom. The number of halogens is 1. The van der Waals surface area contributed by atoms with Crippen LogP contribution in [0.4, 0.5) is 5.95 Å². The molecule has 4 rings (SSSR count). The first-order valence-corrected chi connectivity index (χ1v) is 13.0. The molecule has 1 aromatic heterocycles. The number of carbonyl (C=O) groups is 1. The van der Waals surface area contributed by atoms with E-state index in [-0.39, 0.29) is 12.5 Å². The number of nitrogens with zero attached hydrogens (tertiary/aromatic N) is 5. The van der Waals surface area contributed by atoms with Gasteiger partial charge in [-0.05, 0) is 57.5 Å². The summed E-state index contributed by atoms with van der Waals surface area (Å²) in [6, 6.07) is 13.1. The first-order valence-electron chi connectivity index (χ1n) is 12.6. The largest absolute Gasteiger partial charge is 0.490 e. The molecule has 0 saturated carbocycles. The van der Waals surface area contributed by atoms with Crippen LogP contribution in [0.25, 0.3) is 0 Å². The van der Waals surface area contributed by atoms with Crippen LogP contribution in [-0.2, 0) is 17.9 Å². The van der Waals surface area contributed by atoms with Crippen molar-refractivity contribution in [3.63, 3.8) is 0 Å². The van der Waals surface area contributed by atoms with Crippen LogP contribution >= 0.6 is 11.6 Å². The maximum atomic E-state index is 13.0. The summed E-state index contributed by atoms with van der Waals surface area (Å²) in [5.41, 5.74) is 1.04. The number of amides is 1. The summed E-state index contributed by atoms with van der Waals surface area (Å²) in [6.45, 7) is 11.7. The molecule has 1 aliphatic heterocycles. The number of hydrogen-bond donors (Lipinski definition) is 0. The van der Waals surface area contributed by atoms with E-state index in [4.69, 9.17) is 25.8 Å². The van der Waals surface area contributed by atoms with Gasteiger partial charge in [-0.15, -0.1) is 10.2 Å². The molecule has 198 valence electrons. The van der Waals surface area contributed by atoms with Crippen molar-refractivity contribution in [3.8, 4) is 17.2 Å². The summed E-state index contributed by atoms with van der Waals surface area (Å²) in [6.07, 6.45) is -0.630. The quantitative estimate of drug-likeness (QED) is 0.387. The lowest BCUT2D eigenvalue weighted by Gasteiger charge is -2.36. The number of carbonyl (C=O) groups excluding carboxylic acids is 1. The predicted octanol–water partition coefficient (Wildman–Crippen LogP) is 4.35. The van der Waals surface area contributed by atoms with Gasteiger partial charge in [-0.3, -0.25) is 9.36 Å². The Morgan fingerprint density at radius 1 is 1.00 bits per heavy atom. The van der Waals surface area contributed by atoms with Crippen LogP contribution in [0.15, 0.2) is 42.5 Å². The topological polar surface area (TPSA) is 82.0 Å². The molecule has 10 heteroatoms. The zero-order chi connectivity index (χ0) is 26.4. The molecule has 1 atom stereocenters. The second-order valence-electron chi connectivity index (χ2n) is 8.84. The predicted molar refractivity (Wildman–Crippen MR) is 143 cm³/mol. The minimum Gasteiger partial charge on any atom is -0.490 e. The first kappa shape index (κ1) is 26.6. The smallest absolute Gasteiger partial charge is 0.263 e. The summed E-state index contributed by atoms with van der Waals surface area (Å²) in [4.78, 5) is 17.0. The average Bonchev–Trinajstić information content (AvgIpc) is 3.32. The summed E-state index contributed by atoms with van der Waals surface area (Å²) in [7, 11) is 0. The Labute approximate surface area is 222 Å². The number of piperazine rings is 1. The Bertz CT molecular complexity index is 1210. The maximum Gasteiger partial charge on any atom is 0.263 e. The van der Waals surface area contributed by atoms with E-state index in [0.29, 0.717) is 61.6 Å². The highest BCUT2D eigenvalue weighted by Crippen LogP contribution is 2.28. The third-order valence-corrected chi connectivity index (χ3v) is 6.54. The van der Waals surface area contributed by atoms with Crippen LogP contribution in [0.2, 0.25) is 5.02 Å². The van der Waals surface area contributed by atoms with E-state index in [9.17, 15) is 4.79 Å². The molecule has 0 radical (unpaired) electrons. The highest BCUT2D eigenvalue weighted by molar-refractivity contribution is 6.32. The highest BCUT2D eigenvalue weighted by atomic mass is 35.5. The van der Waals surface area contributed by atoms with E-state index < -0.39 is 6.10 Å². The van der Waals surface area contributed by atoms with Crippen molar-refractivity contribution in [3.05, 3.63) is 58.9 Å². The average molecular weight is 528 g/mol.